The summed E-state index contributed by atoms with van der Waals surface area (Å²) in [5.74, 6) is 0.964. The van der Waals surface area contributed by atoms with E-state index in [0.29, 0.717) is 10.8 Å². The number of fused-ring (bicyclic) bond motifs is 3. The maximum absolute atomic E-state index is 4.43. The lowest BCUT2D eigenvalue weighted by Crippen LogP contribution is -2.51. The van der Waals surface area contributed by atoms with Gasteiger partial charge in [-0.05, 0) is 61.7 Å². The summed E-state index contributed by atoms with van der Waals surface area (Å²) in [4.78, 5) is 0. The Labute approximate surface area is 95.1 Å². The Morgan fingerprint density at radius 3 is 2.27 bits per heavy atom. The molecule has 3 fully saturated rings. The van der Waals surface area contributed by atoms with Crippen molar-refractivity contribution in [1.82, 2.24) is 0 Å². The van der Waals surface area contributed by atoms with Crippen molar-refractivity contribution >= 4 is 0 Å². The molecule has 0 amide bonds. The first kappa shape index (κ1) is 11.2. The summed E-state index contributed by atoms with van der Waals surface area (Å²) in [5.41, 5.74) is 2.70. The number of hydrogen-bond donors (Lipinski definition) is 0. The quantitative estimate of drug-likeness (QED) is 0.573. The van der Waals surface area contributed by atoms with E-state index < -0.39 is 0 Å². The summed E-state index contributed by atoms with van der Waals surface area (Å²) < 4.78 is 0. The van der Waals surface area contributed by atoms with E-state index in [1.54, 1.807) is 5.57 Å². The molecule has 0 aliphatic heterocycles. The molecule has 0 nitrogen and oxygen atoms in total. The fourth-order valence-electron chi connectivity index (χ4n) is 4.85. The van der Waals surface area contributed by atoms with Gasteiger partial charge in [-0.2, -0.15) is 0 Å². The van der Waals surface area contributed by atoms with Crippen molar-refractivity contribution in [2.45, 2.75) is 65.7 Å². The lowest BCUT2D eigenvalue weighted by atomic mass is 9.43. The largest absolute Gasteiger partial charge is 0.0993 e. The van der Waals surface area contributed by atoms with Crippen LogP contribution in [0.15, 0.2) is 12.2 Å². The van der Waals surface area contributed by atoms with Crippen molar-refractivity contribution in [1.29, 1.82) is 0 Å². The summed E-state index contributed by atoms with van der Waals surface area (Å²) >= 11 is 0. The lowest BCUT2D eigenvalue weighted by Gasteiger charge is -2.61. The molecule has 3 saturated carbocycles. The molecule has 2 unspecified atom stereocenters. The minimum Gasteiger partial charge on any atom is -0.0993 e. The number of hydrogen-bond acceptors (Lipinski definition) is 0. The van der Waals surface area contributed by atoms with Gasteiger partial charge in [0.05, 0.1) is 0 Å². The van der Waals surface area contributed by atoms with Crippen LogP contribution < -0.4 is 0 Å². The summed E-state index contributed by atoms with van der Waals surface area (Å²) in [6.45, 7) is 11.6. The molecule has 0 heterocycles. The molecule has 86 valence electrons. The number of rotatable bonds is 3. The van der Waals surface area contributed by atoms with Crippen LogP contribution >= 0.6 is 0 Å². The second-order valence-electron chi connectivity index (χ2n) is 5.84. The van der Waals surface area contributed by atoms with E-state index in [-0.39, 0.29) is 0 Å². The third kappa shape index (κ3) is 1.26. The molecule has 3 rings (SSSR count). The van der Waals surface area contributed by atoms with Crippen molar-refractivity contribution in [2.75, 3.05) is 0 Å². The Bertz CT molecular complexity index is 259. The van der Waals surface area contributed by atoms with E-state index in [1.807, 2.05) is 0 Å². The maximum atomic E-state index is 4.43. The van der Waals surface area contributed by atoms with Gasteiger partial charge < -0.3 is 0 Å². The van der Waals surface area contributed by atoms with E-state index in [9.17, 15) is 0 Å². The molecule has 2 atom stereocenters. The second kappa shape index (κ2) is 3.64. The van der Waals surface area contributed by atoms with Gasteiger partial charge in [0.1, 0.15) is 0 Å². The van der Waals surface area contributed by atoms with E-state index in [0.717, 1.165) is 5.92 Å². The van der Waals surface area contributed by atoms with Gasteiger partial charge in [0.15, 0.2) is 0 Å². The normalized spacial score (nSPS) is 38.3. The lowest BCUT2D eigenvalue weighted by molar-refractivity contribution is -0.0541. The standard InChI is InChI=1S/C15H26/c1-5-14(6-2)11-13-8-9-15(14,7-3)12(4)10-13/h13H,4-11H2,1-3H3. The predicted octanol–water partition coefficient (Wildman–Crippen LogP) is 4.95. The zero-order valence-corrected chi connectivity index (χ0v) is 10.7. The molecule has 0 aromatic carbocycles. The first-order valence-electron chi connectivity index (χ1n) is 6.82. The van der Waals surface area contributed by atoms with Gasteiger partial charge in [0.25, 0.3) is 0 Å². The fraction of sp³-hybridized carbons (Fsp3) is 0.867. The monoisotopic (exact) mass is 206 g/mol. The smallest absolute Gasteiger partial charge is 0.00369 e. The molecule has 0 aromatic rings. The first-order valence-corrected chi connectivity index (χ1v) is 6.82. The number of allylic oxidation sites excluding steroid dienone is 1. The van der Waals surface area contributed by atoms with Crippen LogP contribution in [0.5, 0.6) is 0 Å². The average Bonchev–Trinajstić information content (AvgIpc) is 2.29. The Kier molecular flexibility index (Phi) is 2.73. The average molecular weight is 206 g/mol. The van der Waals surface area contributed by atoms with Crippen molar-refractivity contribution in [2.24, 2.45) is 16.7 Å². The SMILES string of the molecule is C=C1CC2CCC1(CC)C(CC)(CC)C2. The molecule has 15 heavy (non-hydrogen) atoms. The summed E-state index contributed by atoms with van der Waals surface area (Å²) in [7, 11) is 0. The summed E-state index contributed by atoms with van der Waals surface area (Å²) in [6.07, 6.45) is 9.73. The molecule has 0 saturated heterocycles. The van der Waals surface area contributed by atoms with Gasteiger partial charge in [-0.15, -0.1) is 0 Å². The Balaban J connectivity index is 2.43. The van der Waals surface area contributed by atoms with E-state index in [1.165, 1.54) is 44.9 Å². The molecule has 3 aliphatic rings. The van der Waals surface area contributed by atoms with Crippen molar-refractivity contribution in [3.05, 3.63) is 12.2 Å². The molecule has 2 bridgehead atoms. The second-order valence-corrected chi connectivity index (χ2v) is 5.84. The van der Waals surface area contributed by atoms with E-state index in [4.69, 9.17) is 0 Å². The molecular weight excluding hydrogens is 180 g/mol. The van der Waals surface area contributed by atoms with Crippen LogP contribution in [0.3, 0.4) is 0 Å². The molecular formula is C15H26. The van der Waals surface area contributed by atoms with Crippen LogP contribution in [0.2, 0.25) is 0 Å². The van der Waals surface area contributed by atoms with Gasteiger partial charge in [-0.1, -0.05) is 32.9 Å². The minimum absolute atomic E-state index is 0.505. The van der Waals surface area contributed by atoms with Crippen LogP contribution in [0.1, 0.15) is 65.7 Å². The fourth-order valence-corrected chi connectivity index (χ4v) is 4.85. The molecule has 0 heteroatoms. The van der Waals surface area contributed by atoms with Crippen molar-refractivity contribution in [3.63, 3.8) is 0 Å². The highest BCUT2D eigenvalue weighted by atomic mass is 14.6. The van der Waals surface area contributed by atoms with Gasteiger partial charge in [0, 0.05) is 0 Å². The highest BCUT2D eigenvalue weighted by molar-refractivity contribution is 5.24. The summed E-state index contributed by atoms with van der Waals surface area (Å²) in [6, 6.07) is 0. The minimum atomic E-state index is 0.505. The third-order valence-corrected chi connectivity index (χ3v) is 5.84. The zero-order chi connectivity index (χ0) is 11.1. The highest BCUT2D eigenvalue weighted by Crippen LogP contribution is 2.66. The Morgan fingerprint density at radius 1 is 1.20 bits per heavy atom. The predicted molar refractivity (Wildman–Crippen MR) is 66.8 cm³/mol. The van der Waals surface area contributed by atoms with Gasteiger partial charge >= 0.3 is 0 Å². The Morgan fingerprint density at radius 2 is 1.87 bits per heavy atom. The zero-order valence-electron chi connectivity index (χ0n) is 10.7. The van der Waals surface area contributed by atoms with Crippen LogP contribution in [-0.2, 0) is 0 Å². The Hall–Kier alpha value is -0.260. The third-order valence-electron chi connectivity index (χ3n) is 5.84. The van der Waals surface area contributed by atoms with Crippen molar-refractivity contribution in [3.8, 4) is 0 Å². The van der Waals surface area contributed by atoms with Crippen LogP contribution in [0.4, 0.5) is 0 Å². The van der Waals surface area contributed by atoms with Crippen LogP contribution in [0, 0.1) is 16.7 Å². The van der Waals surface area contributed by atoms with Gasteiger partial charge in [0.2, 0.25) is 0 Å². The van der Waals surface area contributed by atoms with Crippen LogP contribution in [-0.4, -0.2) is 0 Å². The molecule has 0 N–H and O–H groups in total. The van der Waals surface area contributed by atoms with E-state index in [2.05, 4.69) is 27.4 Å². The van der Waals surface area contributed by atoms with Crippen LogP contribution in [0.25, 0.3) is 0 Å². The molecule has 0 spiro atoms. The first-order chi connectivity index (χ1) is 7.14. The summed E-state index contributed by atoms with van der Waals surface area (Å²) in [5, 5.41) is 0. The molecule has 0 aromatic heterocycles. The maximum Gasteiger partial charge on any atom is -0.00369 e. The topological polar surface area (TPSA) is 0 Å². The van der Waals surface area contributed by atoms with Gasteiger partial charge in [-0.25, -0.2) is 0 Å². The molecule has 3 aliphatic carbocycles. The van der Waals surface area contributed by atoms with Gasteiger partial charge in [-0.3, -0.25) is 0 Å². The van der Waals surface area contributed by atoms with E-state index >= 15 is 0 Å². The van der Waals surface area contributed by atoms with Crippen molar-refractivity contribution < 1.29 is 0 Å². The highest BCUT2D eigenvalue weighted by Gasteiger charge is 2.56. The molecule has 0 radical (unpaired) electrons.